The van der Waals surface area contributed by atoms with Crippen LogP contribution in [0.25, 0.3) is 11.1 Å². The molecule has 134 valence electrons. The van der Waals surface area contributed by atoms with Gasteiger partial charge in [-0.05, 0) is 48.3 Å². The van der Waals surface area contributed by atoms with E-state index in [0.29, 0.717) is 34.2 Å². The zero-order chi connectivity index (χ0) is 18.1. The number of halogens is 1. The highest BCUT2D eigenvalue weighted by Crippen LogP contribution is 2.36. The molecule has 25 heavy (non-hydrogen) atoms. The van der Waals surface area contributed by atoms with E-state index < -0.39 is 0 Å². The number of nitrogen functional groups attached to an aromatic ring is 1. The number of nitrogens with two attached hydrogens (primary N) is 1. The van der Waals surface area contributed by atoms with Crippen molar-refractivity contribution in [3.05, 3.63) is 41.0 Å². The van der Waals surface area contributed by atoms with Gasteiger partial charge in [0.05, 0.1) is 0 Å². The Kier molecular flexibility index (Phi) is 5.09. The van der Waals surface area contributed by atoms with Crippen molar-refractivity contribution in [1.29, 1.82) is 0 Å². The Labute approximate surface area is 153 Å². The zero-order valence-electron chi connectivity index (χ0n) is 14.9. The molecule has 2 aromatic rings. The van der Waals surface area contributed by atoms with Crippen LogP contribution in [0.4, 0.5) is 5.82 Å². The number of ether oxygens (including phenoxy) is 1. The number of carbonyl (C=O) groups excluding carboxylic acids is 1. The van der Waals surface area contributed by atoms with E-state index in [1.807, 2.05) is 12.1 Å². The van der Waals surface area contributed by atoms with Crippen LogP contribution in [0.5, 0.6) is 0 Å². The smallest absolute Gasteiger partial charge is 0.342 e. The van der Waals surface area contributed by atoms with Gasteiger partial charge in [-0.15, -0.1) is 0 Å². The lowest BCUT2D eigenvalue weighted by atomic mass is 9.75. The van der Waals surface area contributed by atoms with E-state index in [0.717, 1.165) is 24.0 Å². The SMILES string of the molecule is CC1CC(C)C(OC(=O)c2c(-c3ccc(Cl)cc3)c[nH]c2N)C(C)C1. The highest BCUT2D eigenvalue weighted by Gasteiger charge is 2.35. The number of benzene rings is 1. The maximum atomic E-state index is 12.9. The number of hydrogen-bond donors (Lipinski definition) is 2. The summed E-state index contributed by atoms with van der Waals surface area (Å²) in [6.07, 6.45) is 3.82. The summed E-state index contributed by atoms with van der Waals surface area (Å²) in [6, 6.07) is 7.33. The van der Waals surface area contributed by atoms with Crippen molar-refractivity contribution in [1.82, 2.24) is 4.98 Å². The highest BCUT2D eigenvalue weighted by atomic mass is 35.5. The summed E-state index contributed by atoms with van der Waals surface area (Å²) in [7, 11) is 0. The molecule has 0 spiro atoms. The average Bonchev–Trinajstić information content (AvgIpc) is 2.93. The molecule has 2 unspecified atom stereocenters. The van der Waals surface area contributed by atoms with Crippen LogP contribution in [0.3, 0.4) is 0 Å². The molecular formula is C20H25ClN2O2. The maximum Gasteiger partial charge on any atom is 0.342 e. The zero-order valence-corrected chi connectivity index (χ0v) is 15.6. The van der Waals surface area contributed by atoms with Crippen molar-refractivity contribution in [3.63, 3.8) is 0 Å². The van der Waals surface area contributed by atoms with Crippen LogP contribution in [0.2, 0.25) is 5.02 Å². The molecular weight excluding hydrogens is 336 g/mol. The van der Waals surface area contributed by atoms with E-state index in [1.54, 1.807) is 18.3 Å². The lowest BCUT2D eigenvalue weighted by molar-refractivity contribution is -0.0250. The van der Waals surface area contributed by atoms with Crippen LogP contribution in [0, 0.1) is 17.8 Å². The molecule has 1 saturated carbocycles. The number of hydrogen-bond acceptors (Lipinski definition) is 3. The second kappa shape index (κ2) is 7.12. The van der Waals surface area contributed by atoms with Crippen LogP contribution in [0.15, 0.2) is 30.5 Å². The largest absolute Gasteiger partial charge is 0.458 e. The van der Waals surface area contributed by atoms with Gasteiger partial charge in [0.2, 0.25) is 0 Å². The van der Waals surface area contributed by atoms with Crippen molar-refractivity contribution >= 4 is 23.4 Å². The number of aromatic amines is 1. The number of anilines is 1. The lowest BCUT2D eigenvalue weighted by Gasteiger charge is -2.37. The summed E-state index contributed by atoms with van der Waals surface area (Å²) in [5.41, 5.74) is 8.04. The summed E-state index contributed by atoms with van der Waals surface area (Å²) in [5.74, 6) is 1.34. The topological polar surface area (TPSA) is 68.1 Å². The Bertz CT molecular complexity index is 742. The van der Waals surface area contributed by atoms with Crippen molar-refractivity contribution in [2.24, 2.45) is 17.8 Å². The normalized spacial score (nSPS) is 26.4. The Morgan fingerprint density at radius 2 is 1.76 bits per heavy atom. The molecule has 1 fully saturated rings. The van der Waals surface area contributed by atoms with Crippen molar-refractivity contribution in [2.45, 2.75) is 39.7 Å². The predicted octanol–water partition coefficient (Wildman–Crippen LogP) is 5.14. The molecule has 5 heteroatoms. The third-order valence-corrected chi connectivity index (χ3v) is 5.44. The second-order valence-corrected chi connectivity index (χ2v) is 7.84. The van der Waals surface area contributed by atoms with Gasteiger partial charge >= 0.3 is 5.97 Å². The maximum absolute atomic E-state index is 12.9. The van der Waals surface area contributed by atoms with Crippen LogP contribution in [-0.2, 0) is 4.74 Å². The van der Waals surface area contributed by atoms with E-state index in [9.17, 15) is 4.79 Å². The predicted molar refractivity (Wildman–Crippen MR) is 102 cm³/mol. The molecule has 0 radical (unpaired) electrons. The van der Waals surface area contributed by atoms with E-state index >= 15 is 0 Å². The number of esters is 1. The summed E-state index contributed by atoms with van der Waals surface area (Å²) in [6.45, 7) is 6.57. The van der Waals surface area contributed by atoms with Gasteiger partial charge in [-0.1, -0.05) is 44.5 Å². The van der Waals surface area contributed by atoms with Crippen LogP contribution in [0.1, 0.15) is 44.0 Å². The summed E-state index contributed by atoms with van der Waals surface area (Å²) >= 11 is 5.96. The molecule has 3 N–H and O–H groups in total. The Morgan fingerprint density at radius 3 is 2.36 bits per heavy atom. The average molecular weight is 361 g/mol. The molecule has 1 aromatic carbocycles. The van der Waals surface area contributed by atoms with E-state index in [-0.39, 0.29) is 12.1 Å². The molecule has 2 atom stereocenters. The monoisotopic (exact) mass is 360 g/mol. The summed E-state index contributed by atoms with van der Waals surface area (Å²) < 4.78 is 5.91. The summed E-state index contributed by atoms with van der Waals surface area (Å²) in [4.78, 5) is 15.8. The Morgan fingerprint density at radius 1 is 1.16 bits per heavy atom. The molecule has 1 aromatic heterocycles. The van der Waals surface area contributed by atoms with Crippen LogP contribution >= 0.6 is 11.6 Å². The first-order valence-corrected chi connectivity index (χ1v) is 9.18. The molecule has 3 rings (SSSR count). The molecule has 0 saturated heterocycles. The number of H-pyrrole nitrogens is 1. The van der Waals surface area contributed by atoms with Gasteiger partial charge < -0.3 is 15.5 Å². The standard InChI is InChI=1S/C20H25ClN2O2/c1-11-8-12(2)18(13(3)9-11)25-20(24)17-16(10-23-19(17)22)14-4-6-15(21)7-5-14/h4-7,10-13,18,23H,8-9,22H2,1-3H3. The molecule has 1 aliphatic carbocycles. The van der Waals surface area contributed by atoms with Gasteiger partial charge in [0.15, 0.2) is 0 Å². The van der Waals surface area contributed by atoms with Gasteiger partial charge in [0, 0.05) is 16.8 Å². The van der Waals surface area contributed by atoms with Gasteiger partial charge in [-0.2, -0.15) is 0 Å². The minimum atomic E-state index is -0.359. The van der Waals surface area contributed by atoms with Gasteiger partial charge in [0.1, 0.15) is 17.5 Å². The first-order valence-electron chi connectivity index (χ1n) is 8.80. The Hall–Kier alpha value is -1.94. The van der Waals surface area contributed by atoms with Gasteiger partial charge in [-0.25, -0.2) is 4.79 Å². The fourth-order valence-corrected chi connectivity index (χ4v) is 4.25. The van der Waals surface area contributed by atoms with E-state index in [2.05, 4.69) is 25.8 Å². The molecule has 4 nitrogen and oxygen atoms in total. The lowest BCUT2D eigenvalue weighted by Crippen LogP contribution is -2.37. The first-order chi connectivity index (χ1) is 11.9. The van der Waals surface area contributed by atoms with E-state index in [1.165, 1.54) is 0 Å². The van der Waals surface area contributed by atoms with E-state index in [4.69, 9.17) is 22.1 Å². The second-order valence-electron chi connectivity index (χ2n) is 7.40. The third kappa shape index (κ3) is 3.69. The quantitative estimate of drug-likeness (QED) is 0.744. The molecule has 1 aliphatic rings. The first kappa shape index (κ1) is 17.9. The molecule has 0 amide bonds. The number of nitrogens with one attached hydrogen (secondary N) is 1. The minimum absolute atomic E-state index is 0.0731. The number of rotatable bonds is 3. The molecule has 0 bridgehead atoms. The Balaban J connectivity index is 1.85. The third-order valence-electron chi connectivity index (χ3n) is 5.18. The fraction of sp³-hybridized carbons (Fsp3) is 0.450. The number of carbonyl (C=O) groups is 1. The fourth-order valence-electron chi connectivity index (χ4n) is 4.13. The van der Waals surface area contributed by atoms with Crippen LogP contribution < -0.4 is 5.73 Å². The van der Waals surface area contributed by atoms with Crippen molar-refractivity contribution < 1.29 is 9.53 Å². The van der Waals surface area contributed by atoms with Gasteiger partial charge in [-0.3, -0.25) is 0 Å². The van der Waals surface area contributed by atoms with Gasteiger partial charge in [0.25, 0.3) is 0 Å². The minimum Gasteiger partial charge on any atom is -0.458 e. The summed E-state index contributed by atoms with van der Waals surface area (Å²) in [5, 5.41) is 0.648. The highest BCUT2D eigenvalue weighted by molar-refractivity contribution is 6.30. The molecule has 1 heterocycles. The van der Waals surface area contributed by atoms with Crippen molar-refractivity contribution in [2.75, 3.05) is 5.73 Å². The van der Waals surface area contributed by atoms with Crippen molar-refractivity contribution in [3.8, 4) is 11.1 Å². The number of aromatic nitrogens is 1. The molecule has 0 aliphatic heterocycles. The van der Waals surface area contributed by atoms with Crippen LogP contribution in [-0.4, -0.2) is 17.1 Å².